The highest BCUT2D eigenvalue weighted by atomic mass is 16.4. The van der Waals surface area contributed by atoms with E-state index in [0.717, 1.165) is 0 Å². The first-order valence-corrected chi connectivity index (χ1v) is 14.0. The van der Waals surface area contributed by atoms with Gasteiger partial charge in [-0.2, -0.15) is 0 Å². The number of aliphatic carboxylic acids is 1. The molecule has 1 heterocycles. The topological polar surface area (TPSA) is 247 Å². The normalized spacial score (nSPS) is 16.5. The van der Waals surface area contributed by atoms with Crippen molar-refractivity contribution in [3.63, 3.8) is 0 Å². The standard InChI is InChI=1S/C29H39N7O7/c30-21(15-17-5-9-19(37)10-6-17)25(39)34-22(3-1-13-33-29(31)32)27(41)36-14-2-4-24(36)26(40)35-23(28(42)43)16-18-7-11-20(38)12-8-18/h5-12,21-24,37-38H,1-4,13-16,30H2,(H,34,39)(H,35,40)(H,42,43)(H4,31,32,33)/t21-,22-,23-,24+/m0/s1. The van der Waals surface area contributed by atoms with E-state index in [2.05, 4.69) is 15.6 Å². The number of phenolic OH excluding ortho intramolecular Hbond substituents is 2. The van der Waals surface area contributed by atoms with Crippen molar-refractivity contribution in [2.45, 2.75) is 62.7 Å². The number of nitrogens with two attached hydrogens (primary N) is 3. The summed E-state index contributed by atoms with van der Waals surface area (Å²) in [5.41, 5.74) is 18.2. The largest absolute Gasteiger partial charge is 0.508 e. The lowest BCUT2D eigenvalue weighted by molar-refractivity contribution is -0.145. The van der Waals surface area contributed by atoms with E-state index in [9.17, 15) is 34.5 Å². The van der Waals surface area contributed by atoms with Crippen LogP contribution >= 0.6 is 0 Å². The number of nitrogens with one attached hydrogen (secondary N) is 2. The molecule has 2 aromatic rings. The van der Waals surface area contributed by atoms with Gasteiger partial charge in [0.05, 0.1) is 6.04 Å². The molecule has 2 aromatic carbocycles. The Morgan fingerprint density at radius 3 is 2.05 bits per heavy atom. The maximum atomic E-state index is 13.7. The van der Waals surface area contributed by atoms with Crippen LogP contribution in [0.2, 0.25) is 0 Å². The van der Waals surface area contributed by atoms with Crippen LogP contribution < -0.4 is 27.8 Å². The van der Waals surface area contributed by atoms with E-state index in [1.807, 2.05) is 0 Å². The second-order valence-electron chi connectivity index (χ2n) is 10.4. The third-order valence-electron chi connectivity index (χ3n) is 7.12. The number of guanidine groups is 1. The number of carbonyl (C=O) groups is 4. The molecule has 1 aliphatic heterocycles. The average molecular weight is 598 g/mol. The van der Waals surface area contributed by atoms with E-state index in [1.165, 1.54) is 29.2 Å². The molecule has 0 unspecified atom stereocenters. The molecule has 3 amide bonds. The number of carboxylic acids is 1. The lowest BCUT2D eigenvalue weighted by Crippen LogP contribution is -2.57. The first-order valence-electron chi connectivity index (χ1n) is 14.0. The molecule has 0 spiro atoms. The molecule has 3 rings (SSSR count). The number of amides is 3. The third-order valence-corrected chi connectivity index (χ3v) is 7.12. The van der Waals surface area contributed by atoms with Crippen molar-refractivity contribution >= 4 is 29.7 Å². The number of likely N-dealkylation sites (tertiary alicyclic amines) is 1. The van der Waals surface area contributed by atoms with Crippen LogP contribution in [0.1, 0.15) is 36.8 Å². The molecule has 14 heteroatoms. The second-order valence-corrected chi connectivity index (χ2v) is 10.4. The van der Waals surface area contributed by atoms with Gasteiger partial charge < -0.3 is 48.1 Å². The van der Waals surface area contributed by atoms with Crippen LogP contribution in [-0.4, -0.2) is 87.1 Å². The molecule has 0 aliphatic carbocycles. The van der Waals surface area contributed by atoms with Crippen LogP contribution in [-0.2, 0) is 32.0 Å². The number of carboxylic acid groups (broad SMARTS) is 1. The highest BCUT2D eigenvalue weighted by Gasteiger charge is 2.39. The van der Waals surface area contributed by atoms with Crippen molar-refractivity contribution in [1.82, 2.24) is 15.5 Å². The Bertz CT molecular complexity index is 1300. The van der Waals surface area contributed by atoms with Gasteiger partial charge in [-0.15, -0.1) is 0 Å². The molecule has 43 heavy (non-hydrogen) atoms. The van der Waals surface area contributed by atoms with Gasteiger partial charge in [0, 0.05) is 19.5 Å². The highest BCUT2D eigenvalue weighted by Crippen LogP contribution is 2.21. The lowest BCUT2D eigenvalue weighted by atomic mass is 10.0. The zero-order valence-corrected chi connectivity index (χ0v) is 23.7. The fraction of sp³-hybridized carbons (Fsp3) is 0.414. The minimum Gasteiger partial charge on any atom is -0.508 e. The van der Waals surface area contributed by atoms with E-state index < -0.39 is 47.9 Å². The van der Waals surface area contributed by atoms with Crippen LogP contribution in [0.4, 0.5) is 0 Å². The van der Waals surface area contributed by atoms with E-state index in [0.29, 0.717) is 30.4 Å². The second kappa shape index (κ2) is 15.4. The van der Waals surface area contributed by atoms with Gasteiger partial charge in [0.2, 0.25) is 17.7 Å². The van der Waals surface area contributed by atoms with Crippen LogP contribution in [0, 0.1) is 0 Å². The van der Waals surface area contributed by atoms with Gasteiger partial charge in [0.1, 0.15) is 29.6 Å². The molecule has 0 saturated carbocycles. The molecule has 1 fully saturated rings. The summed E-state index contributed by atoms with van der Waals surface area (Å²) in [6.45, 7) is 0.454. The predicted molar refractivity (Wildman–Crippen MR) is 158 cm³/mol. The SMILES string of the molecule is NC(N)=NCCC[C@H](NC(=O)[C@@H](N)Cc1ccc(O)cc1)C(=O)N1CCC[C@@H]1C(=O)N[C@@H](Cc1ccc(O)cc1)C(=O)O. The molecule has 232 valence electrons. The summed E-state index contributed by atoms with van der Waals surface area (Å²) in [6, 6.07) is 7.98. The zero-order chi connectivity index (χ0) is 31.5. The Hall–Kier alpha value is -4.85. The van der Waals surface area contributed by atoms with Gasteiger partial charge in [-0.05, 0) is 67.5 Å². The number of aromatic hydroxyl groups is 2. The molecular weight excluding hydrogens is 558 g/mol. The van der Waals surface area contributed by atoms with Crippen molar-refractivity contribution in [2.24, 2.45) is 22.2 Å². The summed E-state index contributed by atoms with van der Waals surface area (Å²) in [6.07, 6.45) is 1.47. The zero-order valence-electron chi connectivity index (χ0n) is 23.7. The van der Waals surface area contributed by atoms with Gasteiger partial charge in [0.15, 0.2) is 5.96 Å². The number of hydrogen-bond acceptors (Lipinski definition) is 8. The fourth-order valence-electron chi connectivity index (χ4n) is 4.86. The monoisotopic (exact) mass is 597 g/mol. The Morgan fingerprint density at radius 2 is 1.49 bits per heavy atom. The van der Waals surface area contributed by atoms with Crippen molar-refractivity contribution in [2.75, 3.05) is 13.1 Å². The summed E-state index contributed by atoms with van der Waals surface area (Å²) < 4.78 is 0. The van der Waals surface area contributed by atoms with E-state index in [1.54, 1.807) is 24.3 Å². The Morgan fingerprint density at radius 1 is 0.907 bits per heavy atom. The number of nitrogens with zero attached hydrogens (tertiary/aromatic N) is 2. The van der Waals surface area contributed by atoms with Gasteiger partial charge in [-0.25, -0.2) is 4.79 Å². The van der Waals surface area contributed by atoms with Gasteiger partial charge in [0.25, 0.3) is 0 Å². The number of rotatable bonds is 14. The van der Waals surface area contributed by atoms with Crippen molar-refractivity contribution < 1.29 is 34.5 Å². The average Bonchev–Trinajstić information content (AvgIpc) is 3.46. The molecule has 4 atom stereocenters. The molecule has 0 radical (unpaired) electrons. The van der Waals surface area contributed by atoms with Crippen LogP contribution in [0.25, 0.3) is 0 Å². The molecule has 11 N–H and O–H groups in total. The third kappa shape index (κ3) is 9.88. The van der Waals surface area contributed by atoms with Crippen molar-refractivity contribution in [1.29, 1.82) is 0 Å². The number of phenols is 2. The maximum absolute atomic E-state index is 13.7. The van der Waals surface area contributed by atoms with Gasteiger partial charge in [-0.1, -0.05) is 24.3 Å². The number of carbonyl (C=O) groups excluding carboxylic acids is 3. The summed E-state index contributed by atoms with van der Waals surface area (Å²) in [5, 5.41) is 33.9. The number of hydrogen-bond donors (Lipinski definition) is 8. The van der Waals surface area contributed by atoms with Gasteiger partial charge >= 0.3 is 5.97 Å². The molecule has 14 nitrogen and oxygen atoms in total. The Kier molecular flexibility index (Phi) is 11.7. The smallest absolute Gasteiger partial charge is 0.326 e. The van der Waals surface area contributed by atoms with Crippen LogP contribution in [0.15, 0.2) is 53.5 Å². The quantitative estimate of drug-likeness (QED) is 0.0773. The molecule has 1 aliphatic rings. The van der Waals surface area contributed by atoms with Crippen LogP contribution in [0.5, 0.6) is 11.5 Å². The molecule has 0 bridgehead atoms. The highest BCUT2D eigenvalue weighted by molar-refractivity contribution is 5.94. The summed E-state index contributed by atoms with van der Waals surface area (Å²) in [5.74, 6) is -2.95. The minimum absolute atomic E-state index is 0.0234. The first-order chi connectivity index (χ1) is 20.4. The van der Waals surface area contributed by atoms with E-state index in [4.69, 9.17) is 17.2 Å². The minimum atomic E-state index is -1.26. The van der Waals surface area contributed by atoms with Crippen molar-refractivity contribution in [3.05, 3.63) is 59.7 Å². The number of aliphatic imine (C=N–C) groups is 1. The van der Waals surface area contributed by atoms with Crippen molar-refractivity contribution in [3.8, 4) is 11.5 Å². The van der Waals surface area contributed by atoms with E-state index in [-0.39, 0.29) is 49.8 Å². The predicted octanol–water partition coefficient (Wildman–Crippen LogP) is -0.691. The Balaban J connectivity index is 1.70. The summed E-state index contributed by atoms with van der Waals surface area (Å²) in [4.78, 5) is 57.2. The molecule has 1 saturated heterocycles. The first kappa shape index (κ1) is 32.7. The maximum Gasteiger partial charge on any atom is 0.326 e. The number of benzene rings is 2. The Labute approximate surface area is 248 Å². The summed E-state index contributed by atoms with van der Waals surface area (Å²) >= 11 is 0. The summed E-state index contributed by atoms with van der Waals surface area (Å²) in [7, 11) is 0. The van der Waals surface area contributed by atoms with Gasteiger partial charge in [-0.3, -0.25) is 19.4 Å². The molecular formula is C29H39N7O7. The fourth-order valence-corrected chi connectivity index (χ4v) is 4.86. The van der Waals surface area contributed by atoms with E-state index >= 15 is 0 Å². The van der Waals surface area contributed by atoms with Crippen LogP contribution in [0.3, 0.4) is 0 Å². The lowest BCUT2D eigenvalue weighted by Gasteiger charge is -2.30. The molecule has 0 aromatic heterocycles.